The molecule has 0 fully saturated rings. The second-order valence-electron chi connectivity index (χ2n) is 2.18. The SMILES string of the molecule is [2H]c1nc(=N)[nH]c(-n2c([2H])nc(C([2H])([2H])[2H])c2[2H])c1[2H]. The van der Waals surface area contributed by atoms with Crippen molar-refractivity contribution in [2.24, 2.45) is 0 Å². The van der Waals surface area contributed by atoms with E-state index < -0.39 is 42.9 Å². The van der Waals surface area contributed by atoms with Gasteiger partial charge in [0.15, 0.2) is 0 Å². The molecule has 2 aromatic heterocycles. The number of aryl methyl sites for hydroxylation is 1. The molecule has 2 heterocycles. The van der Waals surface area contributed by atoms with Gasteiger partial charge in [-0.1, -0.05) is 0 Å². The first-order valence-electron chi connectivity index (χ1n) is 6.82. The Labute approximate surface area is 84.5 Å². The summed E-state index contributed by atoms with van der Waals surface area (Å²) in [5, 5.41) is 7.36. The molecule has 0 aliphatic carbocycles. The van der Waals surface area contributed by atoms with Gasteiger partial charge in [0, 0.05) is 16.5 Å². The topological polar surface area (TPSA) is 70.3 Å². The smallest absolute Gasteiger partial charge is 0.220 e. The van der Waals surface area contributed by atoms with Crippen molar-refractivity contribution in [3.63, 3.8) is 0 Å². The van der Waals surface area contributed by atoms with Gasteiger partial charge < -0.3 is 4.98 Å². The molecular formula is C8H9N5. The maximum atomic E-state index is 7.77. The number of rotatable bonds is 1. The molecular weight excluding hydrogens is 166 g/mol. The summed E-state index contributed by atoms with van der Waals surface area (Å²) < 4.78 is 52.9. The fourth-order valence-electron chi connectivity index (χ4n) is 0.782. The fraction of sp³-hybridized carbons (Fsp3) is 0.125. The summed E-state index contributed by atoms with van der Waals surface area (Å²) in [7, 11) is 0. The fourth-order valence-corrected chi connectivity index (χ4v) is 0.782. The van der Waals surface area contributed by atoms with Crippen molar-refractivity contribution in [3.8, 4) is 5.82 Å². The molecule has 0 unspecified atom stereocenters. The molecule has 0 saturated carbocycles. The van der Waals surface area contributed by atoms with Crippen LogP contribution in [0.4, 0.5) is 0 Å². The molecule has 2 N–H and O–H groups in total. The van der Waals surface area contributed by atoms with E-state index in [-0.39, 0.29) is 5.82 Å². The lowest BCUT2D eigenvalue weighted by molar-refractivity contribution is 0.897. The number of aromatic nitrogens is 4. The van der Waals surface area contributed by atoms with Crippen LogP contribution >= 0.6 is 0 Å². The Morgan fingerprint density at radius 3 is 3.38 bits per heavy atom. The van der Waals surface area contributed by atoms with Crippen molar-refractivity contribution >= 4 is 0 Å². The molecule has 0 aliphatic rings. The van der Waals surface area contributed by atoms with Crippen molar-refractivity contribution in [1.82, 2.24) is 19.5 Å². The monoisotopic (exact) mass is 182 g/mol. The number of nitrogens with zero attached hydrogens (tertiary/aromatic N) is 3. The van der Waals surface area contributed by atoms with Crippen molar-refractivity contribution < 1.29 is 9.60 Å². The highest BCUT2D eigenvalue weighted by Crippen LogP contribution is 2.01. The zero-order valence-corrected chi connectivity index (χ0v) is 6.34. The van der Waals surface area contributed by atoms with Gasteiger partial charge in [0.1, 0.15) is 13.5 Å². The van der Waals surface area contributed by atoms with Gasteiger partial charge in [-0.3, -0.25) is 9.98 Å². The molecule has 0 aromatic carbocycles. The average molecular weight is 182 g/mol. The number of aromatic amines is 1. The average Bonchev–Trinajstić information content (AvgIpc) is 2.59. The summed E-state index contributed by atoms with van der Waals surface area (Å²) in [6.07, 6.45) is -1.69. The number of hydrogen-bond acceptors (Lipinski definition) is 3. The predicted octanol–water partition coefficient (Wildman–Crippen LogP) is 0.383. The molecule has 0 radical (unpaired) electrons. The zero-order chi connectivity index (χ0) is 15.2. The van der Waals surface area contributed by atoms with Gasteiger partial charge in [0.05, 0.1) is 9.81 Å². The van der Waals surface area contributed by atoms with E-state index in [1.807, 2.05) is 0 Å². The quantitative estimate of drug-likeness (QED) is 0.669. The van der Waals surface area contributed by atoms with E-state index in [2.05, 4.69) is 15.0 Å². The minimum Gasteiger partial charge on any atom is -0.310 e. The van der Waals surface area contributed by atoms with Gasteiger partial charge in [-0.2, -0.15) is 0 Å². The maximum absolute atomic E-state index is 7.77. The molecule has 0 bridgehead atoms. The Balaban J connectivity index is 2.78. The summed E-state index contributed by atoms with van der Waals surface area (Å²) in [5.74, 6) is -0.256. The normalized spacial score (nSPS) is 18.9. The van der Waals surface area contributed by atoms with Crippen LogP contribution in [-0.2, 0) is 0 Å². The zero-order valence-electron chi connectivity index (χ0n) is 13.3. The van der Waals surface area contributed by atoms with Crippen molar-refractivity contribution in [2.45, 2.75) is 6.85 Å². The van der Waals surface area contributed by atoms with Crippen molar-refractivity contribution in [1.29, 1.82) is 5.41 Å². The lowest BCUT2D eigenvalue weighted by atomic mass is 10.5. The van der Waals surface area contributed by atoms with E-state index in [1.54, 1.807) is 0 Å². The third kappa shape index (κ3) is 1.48. The molecule has 0 aliphatic heterocycles. The van der Waals surface area contributed by atoms with Crippen LogP contribution in [0.2, 0.25) is 0 Å². The summed E-state index contributed by atoms with van der Waals surface area (Å²) >= 11 is 0. The number of hydrogen-bond donors (Lipinski definition) is 2. The van der Waals surface area contributed by atoms with Crippen LogP contribution in [0.5, 0.6) is 0 Å². The van der Waals surface area contributed by atoms with E-state index in [0.29, 0.717) is 0 Å². The minimum atomic E-state index is -2.67. The van der Waals surface area contributed by atoms with E-state index in [1.165, 1.54) is 0 Å². The third-order valence-electron chi connectivity index (χ3n) is 1.28. The Kier molecular flexibility index (Phi) is 0.680. The second-order valence-corrected chi connectivity index (χ2v) is 2.18. The molecule has 66 valence electrons. The molecule has 0 atom stereocenters. The number of nitrogens with one attached hydrogen (secondary N) is 2. The van der Waals surface area contributed by atoms with E-state index in [9.17, 15) is 0 Å². The van der Waals surface area contributed by atoms with E-state index in [4.69, 9.17) is 15.0 Å². The van der Waals surface area contributed by atoms with Gasteiger partial charge in [-0.15, -0.1) is 0 Å². The van der Waals surface area contributed by atoms with Crippen LogP contribution in [0.15, 0.2) is 24.7 Å². The Morgan fingerprint density at radius 1 is 1.69 bits per heavy atom. The van der Waals surface area contributed by atoms with Crippen LogP contribution in [0.1, 0.15) is 15.3 Å². The Bertz CT molecular complexity index is 728. The highest BCUT2D eigenvalue weighted by Gasteiger charge is 1.96. The van der Waals surface area contributed by atoms with Gasteiger partial charge in [-0.25, -0.2) is 9.97 Å². The molecule has 0 saturated heterocycles. The summed E-state index contributed by atoms with van der Waals surface area (Å²) in [6, 6.07) is -0.461. The molecule has 5 nitrogen and oxygen atoms in total. The molecule has 0 amide bonds. The molecule has 13 heavy (non-hydrogen) atoms. The van der Waals surface area contributed by atoms with Crippen LogP contribution in [0.25, 0.3) is 5.82 Å². The highest BCUT2D eigenvalue weighted by molar-refractivity contribution is 5.19. The first-order valence-corrected chi connectivity index (χ1v) is 3.32. The second kappa shape index (κ2) is 2.85. The number of H-pyrrole nitrogens is 1. The molecule has 0 spiro atoms. The van der Waals surface area contributed by atoms with Gasteiger partial charge in [-0.05, 0) is 12.9 Å². The van der Waals surface area contributed by atoms with E-state index in [0.717, 1.165) is 4.57 Å². The lowest BCUT2D eigenvalue weighted by Crippen LogP contribution is -2.12. The first-order chi connectivity index (χ1) is 9.12. The van der Waals surface area contributed by atoms with Crippen LogP contribution in [0, 0.1) is 12.3 Å². The molecule has 5 heteroatoms. The number of imidazole rings is 1. The molecule has 2 aromatic rings. The van der Waals surface area contributed by atoms with Gasteiger partial charge >= 0.3 is 0 Å². The largest absolute Gasteiger partial charge is 0.310 e. The van der Waals surface area contributed by atoms with Crippen LogP contribution in [-0.4, -0.2) is 19.5 Å². The van der Waals surface area contributed by atoms with Crippen LogP contribution in [0.3, 0.4) is 0 Å². The maximum Gasteiger partial charge on any atom is 0.220 e. The standard InChI is InChI=1S/C8H9N5/c1-6-4-13(5-11-6)7-2-3-10-8(9)12-7/h2-5H,1H3,(H2,9,10,12)/i1D3,2D,3D,4D,5D. The lowest BCUT2D eigenvalue weighted by Gasteiger charge is -1.99. The summed E-state index contributed by atoms with van der Waals surface area (Å²) in [6.45, 7) is -2.67. The molecule has 2 rings (SSSR count). The van der Waals surface area contributed by atoms with Crippen molar-refractivity contribution in [2.75, 3.05) is 0 Å². The minimum absolute atomic E-state index is 0.256. The van der Waals surface area contributed by atoms with Crippen molar-refractivity contribution in [3.05, 3.63) is 36.0 Å². The Hall–Kier alpha value is -1.91. The summed E-state index contributed by atoms with van der Waals surface area (Å²) in [5.41, 5.74) is -1.02. The Morgan fingerprint density at radius 2 is 2.62 bits per heavy atom. The first kappa shape index (κ1) is 3.10. The van der Waals surface area contributed by atoms with E-state index >= 15 is 0 Å². The predicted molar refractivity (Wildman–Crippen MR) is 46.3 cm³/mol. The third-order valence-corrected chi connectivity index (χ3v) is 1.28. The van der Waals surface area contributed by atoms with Gasteiger partial charge in [0.2, 0.25) is 5.62 Å². The van der Waals surface area contributed by atoms with Gasteiger partial charge in [0.25, 0.3) is 0 Å². The highest BCUT2D eigenvalue weighted by atomic mass is 15.1. The summed E-state index contributed by atoms with van der Waals surface area (Å²) in [4.78, 5) is 9.22. The van der Waals surface area contributed by atoms with Crippen LogP contribution < -0.4 is 5.62 Å².